The highest BCUT2D eigenvalue weighted by Gasteiger charge is 2.29. The van der Waals surface area contributed by atoms with Crippen LogP contribution in [0.2, 0.25) is 5.02 Å². The Bertz CT molecular complexity index is 1120. The van der Waals surface area contributed by atoms with Gasteiger partial charge in [0, 0.05) is 16.4 Å². The van der Waals surface area contributed by atoms with E-state index in [0.29, 0.717) is 34.7 Å². The number of halogens is 1. The largest absolute Gasteiger partial charge is 0.462 e. The smallest absolute Gasteiger partial charge is 0.355 e. The molecule has 2 N–H and O–H groups in total. The van der Waals surface area contributed by atoms with Gasteiger partial charge in [-0.1, -0.05) is 41.9 Å². The molecule has 34 heavy (non-hydrogen) atoms. The number of benzene rings is 2. The molecule has 2 aromatic carbocycles. The molecule has 0 atom stereocenters. The van der Waals surface area contributed by atoms with E-state index in [0.717, 1.165) is 11.3 Å². The Labute approximate surface area is 205 Å². The van der Waals surface area contributed by atoms with Crippen LogP contribution in [0.1, 0.15) is 65.4 Å². The van der Waals surface area contributed by atoms with E-state index in [1.165, 1.54) is 0 Å². The lowest BCUT2D eigenvalue weighted by atomic mass is 9.99. The number of aryl methyl sites for hydroxylation is 1. The summed E-state index contributed by atoms with van der Waals surface area (Å²) in [7, 11) is 0. The van der Waals surface area contributed by atoms with Crippen molar-refractivity contribution in [3.8, 4) is 0 Å². The minimum absolute atomic E-state index is 0.230. The zero-order valence-electron chi connectivity index (χ0n) is 20.0. The molecule has 7 heteroatoms. The van der Waals surface area contributed by atoms with Gasteiger partial charge in [-0.2, -0.15) is 0 Å². The lowest BCUT2D eigenvalue weighted by molar-refractivity contribution is 0.00621. The fraction of sp³-hybridized carbons (Fsp3) is 0.333. The van der Waals surface area contributed by atoms with Gasteiger partial charge in [-0.3, -0.25) is 0 Å². The van der Waals surface area contributed by atoms with Gasteiger partial charge in [-0.05, 0) is 75.9 Å². The summed E-state index contributed by atoms with van der Waals surface area (Å²) in [4.78, 5) is 29.3. The first-order chi connectivity index (χ1) is 16.2. The van der Waals surface area contributed by atoms with Crippen molar-refractivity contribution in [3.63, 3.8) is 0 Å². The molecule has 3 rings (SSSR count). The number of ether oxygens (including phenoxy) is 2. The highest BCUT2D eigenvalue weighted by Crippen LogP contribution is 2.26. The molecular weight excluding hydrogens is 452 g/mol. The molecule has 6 nitrogen and oxygen atoms in total. The number of aromatic amines is 1. The van der Waals surface area contributed by atoms with Crippen LogP contribution in [0.25, 0.3) is 0 Å². The number of hydrogen-bond acceptors (Lipinski definition) is 5. The van der Waals surface area contributed by atoms with Crippen LogP contribution < -0.4 is 5.32 Å². The van der Waals surface area contributed by atoms with Crippen LogP contribution in [0.15, 0.2) is 54.6 Å². The molecule has 0 bridgehead atoms. The maximum atomic E-state index is 13.1. The number of hydrogen-bond donors (Lipinski definition) is 2. The van der Waals surface area contributed by atoms with Gasteiger partial charge in [0.25, 0.3) is 0 Å². The first-order valence-electron chi connectivity index (χ1n) is 11.4. The minimum Gasteiger partial charge on any atom is -0.462 e. The number of nitrogens with one attached hydrogen (secondary N) is 2. The average Bonchev–Trinajstić information content (AvgIpc) is 3.16. The number of carbonyl (C=O) groups excluding carboxylic acids is 2. The Morgan fingerprint density at radius 2 is 1.65 bits per heavy atom. The van der Waals surface area contributed by atoms with E-state index in [-0.39, 0.29) is 18.8 Å². The number of carbonyl (C=O) groups is 2. The second kappa shape index (κ2) is 11.3. The van der Waals surface area contributed by atoms with E-state index in [2.05, 4.69) is 10.3 Å². The fourth-order valence-electron chi connectivity index (χ4n) is 3.60. The van der Waals surface area contributed by atoms with Crippen LogP contribution in [0, 0.1) is 0 Å². The zero-order valence-corrected chi connectivity index (χ0v) is 20.8. The van der Waals surface area contributed by atoms with Crippen molar-refractivity contribution >= 4 is 29.2 Å². The fourth-order valence-corrected chi connectivity index (χ4v) is 3.73. The van der Waals surface area contributed by atoms with Crippen molar-refractivity contribution < 1.29 is 19.1 Å². The molecule has 0 unspecified atom stereocenters. The Morgan fingerprint density at radius 1 is 0.971 bits per heavy atom. The first kappa shape index (κ1) is 25.4. The quantitative estimate of drug-likeness (QED) is 0.355. The number of H-pyrrole nitrogens is 1. The van der Waals surface area contributed by atoms with Gasteiger partial charge in [-0.25, -0.2) is 9.59 Å². The molecule has 0 spiro atoms. The first-order valence-corrected chi connectivity index (χ1v) is 11.7. The van der Waals surface area contributed by atoms with Gasteiger partial charge in [0.2, 0.25) is 0 Å². The zero-order chi connectivity index (χ0) is 24.7. The molecule has 1 aromatic heterocycles. The molecule has 180 valence electrons. The molecule has 0 fully saturated rings. The Balaban J connectivity index is 2.00. The van der Waals surface area contributed by atoms with Gasteiger partial charge < -0.3 is 19.8 Å². The summed E-state index contributed by atoms with van der Waals surface area (Å²) < 4.78 is 11.0. The normalized spacial score (nSPS) is 11.2. The molecule has 1 heterocycles. The van der Waals surface area contributed by atoms with E-state index in [1.54, 1.807) is 19.1 Å². The Hall–Kier alpha value is -3.25. The van der Waals surface area contributed by atoms with Crippen molar-refractivity contribution in [2.24, 2.45) is 0 Å². The van der Waals surface area contributed by atoms with Crippen LogP contribution >= 0.6 is 11.6 Å². The summed E-state index contributed by atoms with van der Waals surface area (Å²) in [6, 6.07) is 17.2. The monoisotopic (exact) mass is 482 g/mol. The summed E-state index contributed by atoms with van der Waals surface area (Å²) in [6.45, 7) is 7.71. The third-order valence-electron chi connectivity index (χ3n) is 5.08. The number of anilines is 1. The predicted molar refractivity (Wildman–Crippen MR) is 135 cm³/mol. The summed E-state index contributed by atoms with van der Waals surface area (Å²) in [6.07, 6.45) is 1.13. The average molecular weight is 483 g/mol. The highest BCUT2D eigenvalue weighted by atomic mass is 35.5. The molecular formula is C27H31ClN2O4. The van der Waals surface area contributed by atoms with E-state index in [9.17, 15) is 9.59 Å². The van der Waals surface area contributed by atoms with Crippen molar-refractivity contribution in [3.05, 3.63) is 87.7 Å². The lowest BCUT2D eigenvalue weighted by Gasteiger charge is -2.19. The van der Waals surface area contributed by atoms with E-state index in [1.807, 2.05) is 63.2 Å². The second-order valence-electron chi connectivity index (χ2n) is 8.90. The van der Waals surface area contributed by atoms with Crippen LogP contribution in [-0.4, -0.2) is 29.1 Å². The van der Waals surface area contributed by atoms with E-state index < -0.39 is 17.5 Å². The standard InChI is InChI=1S/C27H31ClN2O4/c1-5-33-25(31)23-21(16-11-18-9-7-6-8-10-18)24(26(32)34-27(2,3)4)30-22(23)17-29-20-14-12-19(28)13-15-20/h6-10,12-15,29-30H,5,11,16-17H2,1-4H3. The van der Waals surface area contributed by atoms with Crippen LogP contribution in [0.4, 0.5) is 5.69 Å². The van der Waals surface area contributed by atoms with Gasteiger partial charge >= 0.3 is 11.9 Å². The van der Waals surface area contributed by atoms with Crippen molar-refractivity contribution in [1.82, 2.24) is 4.98 Å². The number of esters is 2. The summed E-state index contributed by atoms with van der Waals surface area (Å²) >= 11 is 5.98. The Morgan fingerprint density at radius 3 is 2.26 bits per heavy atom. The lowest BCUT2D eigenvalue weighted by Crippen LogP contribution is -2.25. The molecule has 0 aliphatic carbocycles. The molecule has 0 saturated carbocycles. The van der Waals surface area contributed by atoms with Crippen molar-refractivity contribution in [2.75, 3.05) is 11.9 Å². The van der Waals surface area contributed by atoms with Crippen LogP contribution in [0.5, 0.6) is 0 Å². The van der Waals surface area contributed by atoms with Gasteiger partial charge in [0.05, 0.1) is 18.7 Å². The molecule has 0 aliphatic rings. The summed E-state index contributed by atoms with van der Waals surface area (Å²) in [5.41, 5.74) is 3.08. The third kappa shape index (κ3) is 6.87. The molecule has 3 aromatic rings. The van der Waals surface area contributed by atoms with Crippen LogP contribution in [0.3, 0.4) is 0 Å². The van der Waals surface area contributed by atoms with Gasteiger partial charge in [0.15, 0.2) is 0 Å². The van der Waals surface area contributed by atoms with Crippen LogP contribution in [-0.2, 0) is 28.9 Å². The van der Waals surface area contributed by atoms with E-state index in [4.69, 9.17) is 21.1 Å². The molecule has 0 amide bonds. The Kier molecular flexibility index (Phi) is 8.40. The molecule has 0 radical (unpaired) electrons. The SMILES string of the molecule is CCOC(=O)c1c(CNc2ccc(Cl)cc2)[nH]c(C(=O)OC(C)(C)C)c1CCc1ccccc1. The second-order valence-corrected chi connectivity index (χ2v) is 9.34. The number of rotatable bonds is 9. The third-order valence-corrected chi connectivity index (χ3v) is 5.34. The predicted octanol–water partition coefficient (Wildman–Crippen LogP) is 6.20. The van der Waals surface area contributed by atoms with Crippen molar-refractivity contribution in [2.45, 2.75) is 52.7 Å². The topological polar surface area (TPSA) is 80.4 Å². The summed E-state index contributed by atoms with van der Waals surface area (Å²) in [5.74, 6) is -0.969. The molecule has 0 aliphatic heterocycles. The molecule has 0 saturated heterocycles. The van der Waals surface area contributed by atoms with Crippen molar-refractivity contribution in [1.29, 1.82) is 0 Å². The minimum atomic E-state index is -0.676. The summed E-state index contributed by atoms with van der Waals surface area (Å²) in [5, 5.41) is 3.91. The number of aromatic nitrogens is 1. The van der Waals surface area contributed by atoms with Gasteiger partial charge in [0.1, 0.15) is 11.3 Å². The van der Waals surface area contributed by atoms with E-state index >= 15 is 0 Å². The van der Waals surface area contributed by atoms with Gasteiger partial charge in [-0.15, -0.1) is 0 Å². The maximum Gasteiger partial charge on any atom is 0.355 e. The highest BCUT2D eigenvalue weighted by molar-refractivity contribution is 6.30. The maximum absolute atomic E-state index is 13.1.